The summed E-state index contributed by atoms with van der Waals surface area (Å²) in [5, 5.41) is 0. The van der Waals surface area contributed by atoms with Crippen molar-refractivity contribution in [2.24, 2.45) is 11.7 Å². The smallest absolute Gasteiger partial charge is 0.0589 e. The van der Waals surface area contributed by atoms with Crippen LogP contribution in [-0.2, 0) is 4.74 Å². The predicted octanol–water partition coefficient (Wildman–Crippen LogP) is 1.67. The van der Waals surface area contributed by atoms with E-state index >= 15 is 0 Å². The van der Waals surface area contributed by atoms with Crippen LogP contribution in [0.5, 0.6) is 0 Å². The second-order valence-corrected chi connectivity index (χ2v) is 5.54. The van der Waals surface area contributed by atoms with Crippen LogP contribution in [0.1, 0.15) is 20.3 Å². The monoisotopic (exact) mass is 248 g/mol. The molecule has 0 aliphatic carbocycles. The van der Waals surface area contributed by atoms with Crippen molar-refractivity contribution in [3.05, 3.63) is 0 Å². The molecule has 1 unspecified atom stereocenters. The molecule has 2 N–H and O–H groups in total. The second-order valence-electron chi connectivity index (χ2n) is 4.55. The average Bonchev–Trinajstić information content (AvgIpc) is 2.25. The van der Waals surface area contributed by atoms with Crippen molar-refractivity contribution in [1.82, 2.24) is 4.90 Å². The van der Waals surface area contributed by atoms with Gasteiger partial charge in [0.25, 0.3) is 0 Å². The Labute approximate surface area is 105 Å². The lowest BCUT2D eigenvalue weighted by atomic mass is 10.1. The molecule has 16 heavy (non-hydrogen) atoms. The van der Waals surface area contributed by atoms with Gasteiger partial charge in [-0.15, -0.1) is 0 Å². The van der Waals surface area contributed by atoms with Crippen LogP contribution in [0.2, 0.25) is 0 Å². The minimum absolute atomic E-state index is 0.505. The molecule has 0 rings (SSSR count). The molecule has 4 heteroatoms. The second kappa shape index (κ2) is 10.4. The molecule has 1 atom stereocenters. The summed E-state index contributed by atoms with van der Waals surface area (Å²) in [6, 6.07) is 0.505. The number of nitrogens with zero attached hydrogens (tertiary/aromatic N) is 1. The van der Waals surface area contributed by atoms with Gasteiger partial charge in [-0.3, -0.25) is 4.90 Å². The number of hydrogen-bond donors (Lipinski definition) is 1. The van der Waals surface area contributed by atoms with Crippen LogP contribution in [0.25, 0.3) is 0 Å². The van der Waals surface area contributed by atoms with Gasteiger partial charge in [-0.05, 0) is 24.3 Å². The van der Waals surface area contributed by atoms with E-state index in [1.807, 2.05) is 11.8 Å². The lowest BCUT2D eigenvalue weighted by Gasteiger charge is -2.32. The van der Waals surface area contributed by atoms with Gasteiger partial charge in [0, 0.05) is 32.8 Å². The number of ether oxygens (including phenoxy) is 1. The number of methoxy groups -OCH3 is 1. The fourth-order valence-electron chi connectivity index (χ4n) is 1.80. The van der Waals surface area contributed by atoms with Gasteiger partial charge < -0.3 is 10.5 Å². The van der Waals surface area contributed by atoms with E-state index in [0.29, 0.717) is 12.0 Å². The third-order valence-electron chi connectivity index (χ3n) is 2.63. The Hall–Kier alpha value is 0.230. The third-order valence-corrected chi connectivity index (χ3v) is 3.27. The van der Waals surface area contributed by atoms with E-state index in [4.69, 9.17) is 10.5 Å². The number of rotatable bonds is 10. The molecule has 3 nitrogen and oxygen atoms in total. The highest BCUT2D eigenvalue weighted by atomic mass is 32.2. The topological polar surface area (TPSA) is 38.5 Å². The molecule has 0 radical (unpaired) electrons. The maximum atomic E-state index is 5.87. The lowest BCUT2D eigenvalue weighted by Crippen LogP contribution is -2.44. The van der Waals surface area contributed by atoms with Crippen LogP contribution in [0, 0.1) is 5.92 Å². The number of thioether (sulfide) groups is 1. The van der Waals surface area contributed by atoms with Crippen LogP contribution >= 0.6 is 11.8 Å². The van der Waals surface area contributed by atoms with Crippen molar-refractivity contribution in [2.75, 3.05) is 45.4 Å². The largest absolute Gasteiger partial charge is 0.383 e. The van der Waals surface area contributed by atoms with Crippen LogP contribution in [0.4, 0.5) is 0 Å². The molecule has 0 aliphatic rings. The molecule has 0 heterocycles. The Balaban J connectivity index is 4.18. The summed E-state index contributed by atoms with van der Waals surface area (Å²) in [4.78, 5) is 2.48. The molecule has 0 aliphatic heterocycles. The first-order valence-corrected chi connectivity index (χ1v) is 7.47. The van der Waals surface area contributed by atoms with Gasteiger partial charge in [0.1, 0.15) is 0 Å². The van der Waals surface area contributed by atoms with Crippen molar-refractivity contribution >= 4 is 11.8 Å². The minimum atomic E-state index is 0.505. The van der Waals surface area contributed by atoms with E-state index < -0.39 is 0 Å². The highest BCUT2D eigenvalue weighted by Gasteiger charge is 2.17. The molecule has 0 saturated carbocycles. The van der Waals surface area contributed by atoms with E-state index in [2.05, 4.69) is 25.0 Å². The summed E-state index contributed by atoms with van der Waals surface area (Å²) in [6.45, 7) is 8.15. The molecule has 0 aromatic heterocycles. The van der Waals surface area contributed by atoms with E-state index in [1.54, 1.807) is 7.11 Å². The Morgan fingerprint density at radius 2 is 2.06 bits per heavy atom. The van der Waals surface area contributed by atoms with Gasteiger partial charge in [-0.2, -0.15) is 11.8 Å². The first kappa shape index (κ1) is 16.2. The van der Waals surface area contributed by atoms with E-state index in [1.165, 1.54) is 12.2 Å². The van der Waals surface area contributed by atoms with Crippen molar-refractivity contribution in [3.63, 3.8) is 0 Å². The molecule has 0 amide bonds. The fraction of sp³-hybridized carbons (Fsp3) is 1.00. The van der Waals surface area contributed by atoms with Gasteiger partial charge in [0.2, 0.25) is 0 Å². The summed E-state index contributed by atoms with van der Waals surface area (Å²) in [7, 11) is 1.76. The highest BCUT2D eigenvalue weighted by molar-refractivity contribution is 7.98. The Morgan fingerprint density at radius 1 is 1.38 bits per heavy atom. The van der Waals surface area contributed by atoms with Gasteiger partial charge in [-0.25, -0.2) is 0 Å². The zero-order valence-corrected chi connectivity index (χ0v) is 12.1. The van der Waals surface area contributed by atoms with Gasteiger partial charge >= 0.3 is 0 Å². The Morgan fingerprint density at radius 3 is 2.50 bits per heavy atom. The van der Waals surface area contributed by atoms with Crippen LogP contribution in [0.15, 0.2) is 0 Å². The zero-order valence-electron chi connectivity index (χ0n) is 11.2. The normalized spacial score (nSPS) is 13.7. The molecule has 98 valence electrons. The quantitative estimate of drug-likeness (QED) is 0.638. The molecule has 0 aromatic rings. The Bertz CT molecular complexity index is 156. The van der Waals surface area contributed by atoms with Gasteiger partial charge in [0.05, 0.1) is 6.61 Å². The van der Waals surface area contributed by atoms with Crippen LogP contribution in [-0.4, -0.2) is 56.3 Å². The third kappa shape index (κ3) is 7.49. The first-order valence-electron chi connectivity index (χ1n) is 6.07. The lowest BCUT2D eigenvalue weighted by molar-refractivity contribution is 0.110. The van der Waals surface area contributed by atoms with Crippen molar-refractivity contribution < 1.29 is 4.74 Å². The molecule has 0 spiro atoms. The van der Waals surface area contributed by atoms with Crippen molar-refractivity contribution in [3.8, 4) is 0 Å². The first-order chi connectivity index (χ1) is 7.65. The maximum Gasteiger partial charge on any atom is 0.0589 e. The number of nitrogens with two attached hydrogens (primary N) is 1. The highest BCUT2D eigenvalue weighted by Crippen LogP contribution is 2.10. The van der Waals surface area contributed by atoms with Crippen LogP contribution < -0.4 is 5.73 Å². The van der Waals surface area contributed by atoms with Gasteiger partial charge in [0.15, 0.2) is 0 Å². The molecule has 0 saturated heterocycles. The summed E-state index contributed by atoms with van der Waals surface area (Å²) < 4.78 is 5.17. The molecule has 0 fully saturated rings. The molecule has 0 bridgehead atoms. The summed E-state index contributed by atoms with van der Waals surface area (Å²) in [5.41, 5.74) is 5.87. The minimum Gasteiger partial charge on any atom is -0.383 e. The van der Waals surface area contributed by atoms with Gasteiger partial charge in [-0.1, -0.05) is 13.8 Å². The van der Waals surface area contributed by atoms with Crippen molar-refractivity contribution in [1.29, 1.82) is 0 Å². The standard InChI is InChI=1S/C12H28N2OS/c1-11(2)10-14(6-7-15-3)12(9-13)5-8-16-4/h11-12H,5-10,13H2,1-4H3. The predicted molar refractivity (Wildman–Crippen MR) is 74.1 cm³/mol. The maximum absolute atomic E-state index is 5.87. The molecule has 0 aromatic carbocycles. The van der Waals surface area contributed by atoms with E-state index in [-0.39, 0.29) is 0 Å². The summed E-state index contributed by atoms with van der Waals surface area (Å²) in [6.07, 6.45) is 3.32. The molecular formula is C12H28N2OS. The fourth-order valence-corrected chi connectivity index (χ4v) is 2.31. The van der Waals surface area contributed by atoms with E-state index in [0.717, 1.165) is 26.2 Å². The average molecular weight is 248 g/mol. The van der Waals surface area contributed by atoms with Crippen molar-refractivity contribution in [2.45, 2.75) is 26.3 Å². The summed E-state index contributed by atoms with van der Waals surface area (Å²) >= 11 is 1.89. The Kier molecular flexibility index (Phi) is 10.5. The zero-order chi connectivity index (χ0) is 12.4. The number of hydrogen-bond acceptors (Lipinski definition) is 4. The van der Waals surface area contributed by atoms with E-state index in [9.17, 15) is 0 Å². The van der Waals surface area contributed by atoms with Crippen LogP contribution in [0.3, 0.4) is 0 Å². The SMILES string of the molecule is COCCN(CC(C)C)C(CN)CCSC. The summed E-state index contributed by atoms with van der Waals surface area (Å²) in [5.74, 6) is 1.86. The molecular weight excluding hydrogens is 220 g/mol.